The van der Waals surface area contributed by atoms with Crippen LogP contribution >= 0.6 is 11.8 Å². The van der Waals surface area contributed by atoms with Crippen molar-refractivity contribution >= 4 is 23.3 Å². The van der Waals surface area contributed by atoms with Gasteiger partial charge in [0.25, 0.3) is 0 Å². The maximum absolute atomic E-state index is 11.1. The van der Waals surface area contributed by atoms with Crippen LogP contribution in [0.5, 0.6) is 0 Å². The number of nitrogens with one attached hydrogen (secondary N) is 1. The lowest BCUT2D eigenvalue weighted by Gasteiger charge is -2.05. The highest BCUT2D eigenvalue weighted by Gasteiger charge is 2.22. The second kappa shape index (κ2) is 4.36. The zero-order valence-corrected chi connectivity index (χ0v) is 9.01. The first-order chi connectivity index (χ1) is 6.50. The molecule has 0 saturated heterocycles. The molecule has 0 aliphatic heterocycles. The summed E-state index contributed by atoms with van der Waals surface area (Å²) in [6.45, 7) is 4.53. The van der Waals surface area contributed by atoms with Crippen LogP contribution < -0.4 is 0 Å². The molecule has 5 nitrogen and oxygen atoms in total. The summed E-state index contributed by atoms with van der Waals surface area (Å²) >= 11 is 1.07. The maximum atomic E-state index is 11.1. The van der Waals surface area contributed by atoms with E-state index in [1.165, 1.54) is 13.8 Å². The third-order valence-electron chi connectivity index (χ3n) is 1.54. The van der Waals surface area contributed by atoms with Gasteiger partial charge in [0.05, 0.1) is 0 Å². The number of hydrogen-bond donors (Lipinski definition) is 1. The quantitative estimate of drug-likeness (QED) is 0.590. The van der Waals surface area contributed by atoms with E-state index in [0.29, 0.717) is 11.0 Å². The van der Waals surface area contributed by atoms with Crippen molar-refractivity contribution in [1.29, 1.82) is 0 Å². The minimum Gasteiger partial charge on any atom is -0.298 e. The molecule has 0 bridgehead atoms. The van der Waals surface area contributed by atoms with Gasteiger partial charge in [0.2, 0.25) is 5.16 Å². The molecule has 6 heteroatoms. The van der Waals surface area contributed by atoms with E-state index in [1.54, 1.807) is 6.92 Å². The van der Waals surface area contributed by atoms with Crippen LogP contribution in [0.25, 0.3) is 0 Å². The Hall–Kier alpha value is -1.17. The van der Waals surface area contributed by atoms with E-state index in [4.69, 9.17) is 0 Å². The molecule has 1 aromatic heterocycles. The predicted molar refractivity (Wildman–Crippen MR) is 52.1 cm³/mol. The zero-order chi connectivity index (χ0) is 10.7. The van der Waals surface area contributed by atoms with Crippen molar-refractivity contribution in [2.75, 3.05) is 0 Å². The Morgan fingerprint density at radius 2 is 1.93 bits per heavy atom. The third kappa shape index (κ3) is 2.66. The smallest absolute Gasteiger partial charge is 0.209 e. The largest absolute Gasteiger partial charge is 0.298 e. The fourth-order valence-electron chi connectivity index (χ4n) is 0.933. The van der Waals surface area contributed by atoms with Crippen LogP contribution in [-0.4, -0.2) is 32.0 Å². The fourth-order valence-corrected chi connectivity index (χ4v) is 1.76. The average Bonchev–Trinajstić information content (AvgIpc) is 2.46. The van der Waals surface area contributed by atoms with E-state index >= 15 is 0 Å². The second-order valence-corrected chi connectivity index (χ2v) is 3.99. The lowest BCUT2D eigenvalue weighted by Crippen LogP contribution is -2.22. The molecule has 1 aromatic rings. The predicted octanol–water partition coefficient (Wildman–Crippen LogP) is 0.752. The summed E-state index contributed by atoms with van der Waals surface area (Å²) in [6, 6.07) is 0. The molecule has 14 heavy (non-hydrogen) atoms. The van der Waals surface area contributed by atoms with Gasteiger partial charge in [0.15, 0.2) is 11.6 Å². The number of Topliss-reactive ketones (excluding diaryl/α,β-unsaturated/α-hetero) is 2. The van der Waals surface area contributed by atoms with Gasteiger partial charge in [-0.15, -0.1) is 5.10 Å². The van der Waals surface area contributed by atoms with Crippen LogP contribution in [0.1, 0.15) is 19.7 Å². The summed E-state index contributed by atoms with van der Waals surface area (Å²) in [4.78, 5) is 26.2. The fraction of sp³-hybridized carbons (Fsp3) is 0.500. The molecule has 0 aliphatic rings. The number of aryl methyl sites for hydroxylation is 1. The summed E-state index contributed by atoms with van der Waals surface area (Å²) in [5, 5.41) is 6.23. The Kier molecular flexibility index (Phi) is 3.40. The highest BCUT2D eigenvalue weighted by atomic mass is 32.2. The average molecular weight is 213 g/mol. The topological polar surface area (TPSA) is 75.7 Å². The Balaban J connectivity index is 2.74. The SMILES string of the molecule is CC(=O)C(Sc1n[nH]c(C)n1)C(C)=O. The van der Waals surface area contributed by atoms with Crippen LogP contribution in [0.4, 0.5) is 0 Å². The van der Waals surface area contributed by atoms with Gasteiger partial charge in [-0.3, -0.25) is 14.7 Å². The first-order valence-electron chi connectivity index (χ1n) is 4.07. The van der Waals surface area contributed by atoms with Crippen molar-refractivity contribution in [2.24, 2.45) is 0 Å². The number of aromatic nitrogens is 3. The molecule has 0 saturated carbocycles. The van der Waals surface area contributed by atoms with Crippen molar-refractivity contribution < 1.29 is 9.59 Å². The number of aromatic amines is 1. The van der Waals surface area contributed by atoms with Crippen molar-refractivity contribution in [3.63, 3.8) is 0 Å². The van der Waals surface area contributed by atoms with Crippen molar-refractivity contribution in [1.82, 2.24) is 15.2 Å². The maximum Gasteiger partial charge on any atom is 0.209 e. The van der Waals surface area contributed by atoms with Gasteiger partial charge >= 0.3 is 0 Å². The van der Waals surface area contributed by atoms with E-state index < -0.39 is 5.25 Å². The van der Waals surface area contributed by atoms with Gasteiger partial charge in [0.1, 0.15) is 11.1 Å². The standard InChI is InChI=1S/C8H11N3O2S/c1-4(12)7(5(2)13)14-8-9-6(3)10-11-8/h7H,1-3H3,(H,9,10,11). The second-order valence-electron chi connectivity index (χ2n) is 2.92. The molecule has 1 N–H and O–H groups in total. The molecular formula is C8H11N3O2S. The molecular weight excluding hydrogens is 202 g/mol. The number of nitrogens with zero attached hydrogens (tertiary/aromatic N) is 2. The van der Waals surface area contributed by atoms with Gasteiger partial charge in [-0.2, -0.15) is 0 Å². The number of ketones is 2. The van der Waals surface area contributed by atoms with Gasteiger partial charge < -0.3 is 0 Å². The molecule has 0 aromatic carbocycles. The highest BCUT2D eigenvalue weighted by molar-refractivity contribution is 8.01. The number of carbonyl (C=O) groups is 2. The normalized spacial score (nSPS) is 10.6. The van der Waals surface area contributed by atoms with Crippen LogP contribution in [-0.2, 0) is 9.59 Å². The molecule has 1 rings (SSSR count). The number of rotatable bonds is 4. The van der Waals surface area contributed by atoms with Gasteiger partial charge in [0, 0.05) is 0 Å². The molecule has 76 valence electrons. The molecule has 0 unspecified atom stereocenters. The molecule has 0 amide bonds. The summed E-state index contributed by atoms with van der Waals surface area (Å²) < 4.78 is 0. The third-order valence-corrected chi connectivity index (χ3v) is 2.83. The summed E-state index contributed by atoms with van der Waals surface area (Å²) in [5.41, 5.74) is 0. The Morgan fingerprint density at radius 3 is 2.29 bits per heavy atom. The molecule has 0 fully saturated rings. The molecule has 1 heterocycles. The first kappa shape index (κ1) is 10.9. The molecule has 0 radical (unpaired) electrons. The number of thioether (sulfide) groups is 1. The molecule has 0 aliphatic carbocycles. The van der Waals surface area contributed by atoms with Gasteiger partial charge in [-0.05, 0) is 20.8 Å². The Bertz CT molecular complexity index is 347. The Labute approximate surface area is 85.7 Å². The Morgan fingerprint density at radius 1 is 1.36 bits per heavy atom. The van der Waals surface area contributed by atoms with E-state index in [-0.39, 0.29) is 11.6 Å². The zero-order valence-electron chi connectivity index (χ0n) is 8.20. The monoisotopic (exact) mass is 213 g/mol. The van der Waals surface area contributed by atoms with Crippen LogP contribution in [0.3, 0.4) is 0 Å². The van der Waals surface area contributed by atoms with E-state index in [2.05, 4.69) is 15.2 Å². The van der Waals surface area contributed by atoms with Crippen LogP contribution in [0, 0.1) is 6.92 Å². The molecule has 0 atom stereocenters. The van der Waals surface area contributed by atoms with Gasteiger partial charge in [-0.25, -0.2) is 4.98 Å². The van der Waals surface area contributed by atoms with Crippen molar-refractivity contribution in [2.45, 2.75) is 31.2 Å². The molecule has 0 spiro atoms. The lowest BCUT2D eigenvalue weighted by molar-refractivity contribution is -0.123. The summed E-state index contributed by atoms with van der Waals surface area (Å²) in [6.07, 6.45) is 0. The number of hydrogen-bond acceptors (Lipinski definition) is 5. The van der Waals surface area contributed by atoms with Crippen LogP contribution in [0.15, 0.2) is 5.16 Å². The highest BCUT2D eigenvalue weighted by Crippen LogP contribution is 2.20. The lowest BCUT2D eigenvalue weighted by atomic mass is 10.2. The van der Waals surface area contributed by atoms with Crippen molar-refractivity contribution in [3.05, 3.63) is 5.82 Å². The van der Waals surface area contributed by atoms with Crippen LogP contribution in [0.2, 0.25) is 0 Å². The summed E-state index contributed by atoms with van der Waals surface area (Å²) in [7, 11) is 0. The number of H-pyrrole nitrogens is 1. The van der Waals surface area contributed by atoms with E-state index in [9.17, 15) is 9.59 Å². The minimum atomic E-state index is -0.690. The minimum absolute atomic E-state index is 0.176. The number of carbonyl (C=O) groups excluding carboxylic acids is 2. The van der Waals surface area contributed by atoms with E-state index in [0.717, 1.165) is 11.8 Å². The van der Waals surface area contributed by atoms with E-state index in [1.807, 2.05) is 0 Å². The first-order valence-corrected chi connectivity index (χ1v) is 4.95. The summed E-state index contributed by atoms with van der Waals surface area (Å²) in [5.74, 6) is 0.313. The van der Waals surface area contributed by atoms with Gasteiger partial charge in [-0.1, -0.05) is 11.8 Å². The van der Waals surface area contributed by atoms with Crippen molar-refractivity contribution in [3.8, 4) is 0 Å².